The molecule has 3 rings (SSSR count). The second-order valence-electron chi connectivity index (χ2n) is 4.93. The second-order valence-corrected chi connectivity index (χ2v) is 4.93. The standard InChI is InChI=1S/C16H13N3O3/c1-10-5-3-7-12-14(10)17-9-18-16(12)22-13-8-4-6-11(2)15(13)19(20)21/h3-9H,1-2H3. The molecule has 0 spiro atoms. The zero-order valence-electron chi connectivity index (χ0n) is 12.1. The number of nitro benzene ring substituents is 1. The lowest BCUT2D eigenvalue weighted by atomic mass is 10.1. The third-order valence-corrected chi connectivity index (χ3v) is 3.42. The third kappa shape index (κ3) is 2.35. The summed E-state index contributed by atoms with van der Waals surface area (Å²) in [6, 6.07) is 10.6. The minimum atomic E-state index is -0.445. The van der Waals surface area contributed by atoms with E-state index in [1.165, 1.54) is 6.33 Å². The van der Waals surface area contributed by atoms with Gasteiger partial charge in [-0.15, -0.1) is 0 Å². The van der Waals surface area contributed by atoms with Crippen LogP contribution < -0.4 is 4.74 Å². The molecular weight excluding hydrogens is 282 g/mol. The molecule has 0 radical (unpaired) electrons. The van der Waals surface area contributed by atoms with Crippen molar-refractivity contribution in [2.24, 2.45) is 0 Å². The van der Waals surface area contributed by atoms with Gasteiger partial charge in [0.05, 0.1) is 15.8 Å². The first-order valence-corrected chi connectivity index (χ1v) is 6.70. The van der Waals surface area contributed by atoms with Gasteiger partial charge in [-0.2, -0.15) is 0 Å². The van der Waals surface area contributed by atoms with E-state index in [9.17, 15) is 10.1 Å². The lowest BCUT2D eigenvalue weighted by Crippen LogP contribution is -1.98. The van der Waals surface area contributed by atoms with E-state index in [0.717, 1.165) is 16.5 Å². The van der Waals surface area contributed by atoms with Crippen LogP contribution in [0.25, 0.3) is 10.9 Å². The summed E-state index contributed by atoms with van der Waals surface area (Å²) >= 11 is 0. The van der Waals surface area contributed by atoms with Gasteiger partial charge < -0.3 is 4.74 Å². The summed E-state index contributed by atoms with van der Waals surface area (Å²) in [5, 5.41) is 12.0. The fourth-order valence-electron chi connectivity index (χ4n) is 2.35. The summed E-state index contributed by atoms with van der Waals surface area (Å²) in [6.45, 7) is 3.61. The SMILES string of the molecule is Cc1cccc(Oc2ncnc3c(C)cccc23)c1[N+](=O)[O-]. The van der Waals surface area contributed by atoms with Gasteiger partial charge in [0.2, 0.25) is 11.6 Å². The Morgan fingerprint density at radius 1 is 1.05 bits per heavy atom. The summed E-state index contributed by atoms with van der Waals surface area (Å²) in [7, 11) is 0. The summed E-state index contributed by atoms with van der Waals surface area (Å²) in [4.78, 5) is 19.1. The number of fused-ring (bicyclic) bond motifs is 1. The van der Waals surface area contributed by atoms with Crippen molar-refractivity contribution in [1.82, 2.24) is 9.97 Å². The molecule has 0 atom stereocenters. The first kappa shape index (κ1) is 13.9. The maximum absolute atomic E-state index is 11.2. The van der Waals surface area contributed by atoms with E-state index < -0.39 is 4.92 Å². The van der Waals surface area contributed by atoms with Gasteiger partial charge in [-0.05, 0) is 31.5 Å². The largest absolute Gasteiger partial charge is 0.431 e. The topological polar surface area (TPSA) is 78.2 Å². The normalized spacial score (nSPS) is 10.6. The highest BCUT2D eigenvalue weighted by molar-refractivity contribution is 5.86. The Morgan fingerprint density at radius 2 is 1.77 bits per heavy atom. The van der Waals surface area contributed by atoms with Crippen molar-refractivity contribution < 1.29 is 9.66 Å². The van der Waals surface area contributed by atoms with Crippen LogP contribution in [0.2, 0.25) is 0 Å². The molecule has 0 N–H and O–H groups in total. The lowest BCUT2D eigenvalue weighted by molar-refractivity contribution is -0.386. The fourth-order valence-corrected chi connectivity index (χ4v) is 2.35. The molecule has 3 aromatic rings. The average Bonchev–Trinajstić information content (AvgIpc) is 2.48. The Morgan fingerprint density at radius 3 is 2.55 bits per heavy atom. The number of aryl methyl sites for hydroxylation is 2. The molecule has 0 fully saturated rings. The fraction of sp³-hybridized carbons (Fsp3) is 0.125. The molecule has 0 unspecified atom stereocenters. The maximum atomic E-state index is 11.2. The van der Waals surface area contributed by atoms with Crippen LogP contribution in [0.15, 0.2) is 42.7 Å². The number of para-hydroxylation sites is 2. The number of hydrogen-bond acceptors (Lipinski definition) is 5. The van der Waals surface area contributed by atoms with Crippen LogP contribution in [-0.2, 0) is 0 Å². The zero-order valence-corrected chi connectivity index (χ0v) is 12.1. The number of nitrogens with zero attached hydrogens (tertiary/aromatic N) is 3. The summed E-state index contributed by atoms with van der Waals surface area (Å²) < 4.78 is 5.73. The van der Waals surface area contributed by atoms with Gasteiger partial charge in [-0.1, -0.05) is 24.3 Å². The maximum Gasteiger partial charge on any atom is 0.314 e. The molecule has 0 aliphatic rings. The molecular formula is C16H13N3O3. The van der Waals surface area contributed by atoms with E-state index >= 15 is 0 Å². The van der Waals surface area contributed by atoms with Crippen molar-refractivity contribution in [3.8, 4) is 11.6 Å². The summed E-state index contributed by atoms with van der Waals surface area (Å²) in [6.07, 6.45) is 1.40. The molecule has 1 aromatic heterocycles. The van der Waals surface area contributed by atoms with E-state index in [1.54, 1.807) is 25.1 Å². The Hall–Kier alpha value is -3.02. The molecule has 22 heavy (non-hydrogen) atoms. The van der Waals surface area contributed by atoms with Crippen LogP contribution in [0.1, 0.15) is 11.1 Å². The third-order valence-electron chi connectivity index (χ3n) is 3.42. The van der Waals surface area contributed by atoms with Crippen molar-refractivity contribution >= 4 is 16.6 Å². The Labute approximate surface area is 126 Å². The lowest BCUT2D eigenvalue weighted by Gasteiger charge is -2.09. The van der Waals surface area contributed by atoms with Crippen LogP contribution in [0.3, 0.4) is 0 Å². The van der Waals surface area contributed by atoms with Crippen molar-refractivity contribution in [3.05, 3.63) is 64.0 Å². The van der Waals surface area contributed by atoms with E-state index in [2.05, 4.69) is 9.97 Å². The van der Waals surface area contributed by atoms with Crippen LogP contribution in [0.5, 0.6) is 11.6 Å². The van der Waals surface area contributed by atoms with E-state index in [4.69, 9.17) is 4.74 Å². The van der Waals surface area contributed by atoms with Gasteiger partial charge in [-0.3, -0.25) is 10.1 Å². The number of hydrogen-bond donors (Lipinski definition) is 0. The van der Waals surface area contributed by atoms with Gasteiger partial charge in [0.25, 0.3) is 0 Å². The Balaban J connectivity index is 2.14. The minimum absolute atomic E-state index is 0.0538. The van der Waals surface area contributed by atoms with Gasteiger partial charge in [0, 0.05) is 5.56 Å². The number of nitro groups is 1. The minimum Gasteiger partial charge on any atom is -0.431 e. The molecule has 6 nitrogen and oxygen atoms in total. The highest BCUT2D eigenvalue weighted by Gasteiger charge is 2.20. The van der Waals surface area contributed by atoms with Crippen molar-refractivity contribution in [3.63, 3.8) is 0 Å². The highest BCUT2D eigenvalue weighted by atomic mass is 16.6. The first-order valence-electron chi connectivity index (χ1n) is 6.70. The molecule has 0 saturated carbocycles. The number of rotatable bonds is 3. The Kier molecular flexibility index (Phi) is 3.42. The molecule has 0 saturated heterocycles. The van der Waals surface area contributed by atoms with Gasteiger partial charge >= 0.3 is 5.69 Å². The molecule has 0 aliphatic heterocycles. The van der Waals surface area contributed by atoms with Crippen LogP contribution in [-0.4, -0.2) is 14.9 Å². The molecule has 2 aromatic carbocycles. The van der Waals surface area contributed by atoms with Crippen LogP contribution in [0, 0.1) is 24.0 Å². The first-order chi connectivity index (χ1) is 10.6. The number of benzene rings is 2. The molecule has 110 valence electrons. The monoisotopic (exact) mass is 295 g/mol. The van der Waals surface area contributed by atoms with Crippen LogP contribution in [0.4, 0.5) is 5.69 Å². The Bertz CT molecular complexity index is 878. The number of ether oxygens (including phenoxy) is 1. The van der Waals surface area contributed by atoms with Crippen molar-refractivity contribution in [2.45, 2.75) is 13.8 Å². The predicted molar refractivity (Wildman–Crippen MR) is 82.2 cm³/mol. The smallest absolute Gasteiger partial charge is 0.314 e. The summed E-state index contributed by atoms with van der Waals surface area (Å²) in [5.41, 5.74) is 2.24. The highest BCUT2D eigenvalue weighted by Crippen LogP contribution is 2.35. The molecule has 6 heteroatoms. The molecule has 0 aliphatic carbocycles. The zero-order chi connectivity index (χ0) is 15.7. The second kappa shape index (κ2) is 5.40. The van der Waals surface area contributed by atoms with E-state index in [1.807, 2.05) is 25.1 Å². The van der Waals surface area contributed by atoms with E-state index in [-0.39, 0.29) is 11.4 Å². The van der Waals surface area contributed by atoms with Crippen molar-refractivity contribution in [2.75, 3.05) is 0 Å². The van der Waals surface area contributed by atoms with Gasteiger partial charge in [-0.25, -0.2) is 9.97 Å². The molecule has 0 bridgehead atoms. The quantitative estimate of drug-likeness (QED) is 0.540. The molecule has 0 amide bonds. The van der Waals surface area contributed by atoms with E-state index in [0.29, 0.717) is 11.4 Å². The predicted octanol–water partition coefficient (Wildman–Crippen LogP) is 3.95. The number of aromatic nitrogens is 2. The van der Waals surface area contributed by atoms with Gasteiger partial charge in [0.1, 0.15) is 6.33 Å². The average molecular weight is 295 g/mol. The van der Waals surface area contributed by atoms with Gasteiger partial charge in [0.15, 0.2) is 0 Å². The van der Waals surface area contributed by atoms with Crippen LogP contribution >= 0.6 is 0 Å². The summed E-state index contributed by atoms with van der Waals surface area (Å²) in [5.74, 6) is 0.480. The molecule has 1 heterocycles. The van der Waals surface area contributed by atoms with Crippen molar-refractivity contribution in [1.29, 1.82) is 0 Å².